The van der Waals surface area contributed by atoms with Gasteiger partial charge in [-0.25, -0.2) is 0 Å². The molecule has 5 heteroatoms. The van der Waals surface area contributed by atoms with E-state index in [1.807, 2.05) is 6.07 Å². The van der Waals surface area contributed by atoms with Gasteiger partial charge >= 0.3 is 0 Å². The van der Waals surface area contributed by atoms with Gasteiger partial charge in [-0.15, -0.1) is 0 Å². The van der Waals surface area contributed by atoms with Gasteiger partial charge in [-0.2, -0.15) is 0 Å². The molecule has 1 aromatic heterocycles. The van der Waals surface area contributed by atoms with Gasteiger partial charge in [-0.3, -0.25) is 14.6 Å². The van der Waals surface area contributed by atoms with Crippen LogP contribution in [0.1, 0.15) is 28.0 Å². The van der Waals surface area contributed by atoms with Crippen LogP contribution in [-0.2, 0) is 19.5 Å². The van der Waals surface area contributed by atoms with Crippen LogP contribution in [0, 0.1) is 0 Å². The van der Waals surface area contributed by atoms with E-state index in [1.54, 1.807) is 0 Å². The predicted molar refractivity (Wildman–Crippen MR) is 121 cm³/mol. The van der Waals surface area contributed by atoms with Gasteiger partial charge in [0.15, 0.2) is 0 Å². The molecule has 156 valence electrons. The maximum absolute atomic E-state index is 12.7. The highest BCUT2D eigenvalue weighted by atomic mass is 16.1. The Kier molecular flexibility index (Phi) is 5.56. The summed E-state index contributed by atoms with van der Waals surface area (Å²) in [5, 5.41) is 4.17. The molecule has 1 fully saturated rings. The van der Waals surface area contributed by atoms with E-state index in [0.29, 0.717) is 0 Å². The Labute approximate surface area is 178 Å². The van der Waals surface area contributed by atoms with E-state index >= 15 is 0 Å². The molecule has 2 aliphatic rings. The van der Waals surface area contributed by atoms with Gasteiger partial charge in [0.25, 0.3) is 5.91 Å². The van der Waals surface area contributed by atoms with E-state index in [4.69, 9.17) is 0 Å². The zero-order valence-corrected chi connectivity index (χ0v) is 17.5. The first kappa shape index (κ1) is 19.3. The largest absolute Gasteiger partial charge is 0.352 e. The summed E-state index contributed by atoms with van der Waals surface area (Å²) < 4.78 is 2.41. The number of hydrogen-bond acceptors (Lipinski definition) is 3. The molecule has 30 heavy (non-hydrogen) atoms. The molecule has 0 spiro atoms. The van der Waals surface area contributed by atoms with Crippen molar-refractivity contribution < 1.29 is 4.79 Å². The minimum atomic E-state index is 0.0898. The van der Waals surface area contributed by atoms with Gasteiger partial charge in [0.2, 0.25) is 0 Å². The number of nitrogens with zero attached hydrogens (tertiary/aromatic N) is 3. The van der Waals surface area contributed by atoms with E-state index in [-0.39, 0.29) is 5.91 Å². The third-order valence-electron chi connectivity index (χ3n) is 6.54. The van der Waals surface area contributed by atoms with Crippen LogP contribution in [0.5, 0.6) is 0 Å². The number of nitrogens with one attached hydrogen (secondary N) is 1. The molecule has 5 rings (SSSR count). The van der Waals surface area contributed by atoms with Gasteiger partial charge in [-0.1, -0.05) is 48.5 Å². The SMILES string of the molecule is O=C1NCCCc2c1c1ccccc1n2CCN1CCN(Cc2ccccc2)CC1. The molecule has 1 amide bonds. The molecule has 0 bridgehead atoms. The molecule has 0 unspecified atom stereocenters. The standard InChI is InChI=1S/C25H30N4O/c30-25-24-21-9-4-5-10-22(21)29(23(24)11-6-12-26-25)18-17-27-13-15-28(16-14-27)19-20-7-2-1-3-8-20/h1-5,7-10H,6,11-19H2,(H,26,30). The van der Waals surface area contributed by atoms with Crippen LogP contribution in [-0.4, -0.2) is 59.5 Å². The molecule has 2 aromatic carbocycles. The first-order valence-electron chi connectivity index (χ1n) is 11.2. The molecule has 1 N–H and O–H groups in total. The molecule has 2 aliphatic heterocycles. The van der Waals surface area contributed by atoms with E-state index in [9.17, 15) is 4.79 Å². The monoisotopic (exact) mass is 402 g/mol. The van der Waals surface area contributed by atoms with Crippen LogP contribution in [0.3, 0.4) is 0 Å². The number of aromatic nitrogens is 1. The van der Waals surface area contributed by atoms with Gasteiger partial charge in [0, 0.05) is 69.0 Å². The first-order valence-corrected chi connectivity index (χ1v) is 11.2. The Bertz CT molecular complexity index is 1020. The summed E-state index contributed by atoms with van der Waals surface area (Å²) in [6, 6.07) is 19.1. The number of piperazine rings is 1. The molecule has 1 saturated heterocycles. The topological polar surface area (TPSA) is 40.5 Å². The lowest BCUT2D eigenvalue weighted by atomic mass is 10.1. The summed E-state index contributed by atoms with van der Waals surface area (Å²) in [4.78, 5) is 17.8. The Balaban J connectivity index is 1.26. The van der Waals surface area contributed by atoms with Crippen molar-refractivity contribution in [3.8, 4) is 0 Å². The summed E-state index contributed by atoms with van der Waals surface area (Å²) in [6.07, 6.45) is 1.97. The van der Waals surface area contributed by atoms with E-state index in [0.717, 1.165) is 76.1 Å². The predicted octanol–water partition coefficient (Wildman–Crippen LogP) is 3.14. The van der Waals surface area contributed by atoms with Crippen molar-refractivity contribution in [3.05, 3.63) is 71.4 Å². The number of rotatable bonds is 5. The van der Waals surface area contributed by atoms with Crippen molar-refractivity contribution >= 4 is 16.8 Å². The van der Waals surface area contributed by atoms with E-state index in [2.05, 4.69) is 68.2 Å². The van der Waals surface area contributed by atoms with Crippen LogP contribution in [0.2, 0.25) is 0 Å². The highest BCUT2D eigenvalue weighted by Crippen LogP contribution is 2.28. The Morgan fingerprint density at radius 1 is 0.833 bits per heavy atom. The highest BCUT2D eigenvalue weighted by molar-refractivity contribution is 6.08. The number of fused-ring (bicyclic) bond motifs is 3. The Morgan fingerprint density at radius 2 is 1.57 bits per heavy atom. The van der Waals surface area contributed by atoms with Crippen molar-refractivity contribution in [3.63, 3.8) is 0 Å². The highest BCUT2D eigenvalue weighted by Gasteiger charge is 2.24. The molecule has 5 nitrogen and oxygen atoms in total. The lowest BCUT2D eigenvalue weighted by Crippen LogP contribution is -2.46. The fourth-order valence-corrected chi connectivity index (χ4v) is 4.93. The minimum Gasteiger partial charge on any atom is -0.352 e. The van der Waals surface area contributed by atoms with Crippen molar-refractivity contribution in [1.82, 2.24) is 19.7 Å². The van der Waals surface area contributed by atoms with Crippen molar-refractivity contribution in [1.29, 1.82) is 0 Å². The molecule has 3 heterocycles. The number of benzene rings is 2. The molecular weight excluding hydrogens is 372 g/mol. The van der Waals surface area contributed by atoms with Crippen molar-refractivity contribution in [2.45, 2.75) is 25.9 Å². The van der Waals surface area contributed by atoms with Gasteiger partial charge < -0.3 is 9.88 Å². The smallest absolute Gasteiger partial charge is 0.253 e. The summed E-state index contributed by atoms with van der Waals surface area (Å²) >= 11 is 0. The fourth-order valence-electron chi connectivity index (χ4n) is 4.93. The maximum Gasteiger partial charge on any atom is 0.253 e. The second-order valence-corrected chi connectivity index (χ2v) is 8.45. The molecular formula is C25H30N4O. The lowest BCUT2D eigenvalue weighted by molar-refractivity contribution is 0.0957. The third-order valence-corrected chi connectivity index (χ3v) is 6.54. The van der Waals surface area contributed by atoms with Crippen LogP contribution in [0.4, 0.5) is 0 Å². The van der Waals surface area contributed by atoms with Crippen molar-refractivity contribution in [2.24, 2.45) is 0 Å². The van der Waals surface area contributed by atoms with E-state index in [1.165, 1.54) is 16.8 Å². The number of carbonyl (C=O) groups excluding carboxylic acids is 1. The quantitative estimate of drug-likeness (QED) is 0.713. The van der Waals surface area contributed by atoms with Crippen molar-refractivity contribution in [2.75, 3.05) is 39.3 Å². The summed E-state index contributed by atoms with van der Waals surface area (Å²) in [7, 11) is 0. The number of carbonyl (C=O) groups is 1. The van der Waals surface area contributed by atoms with Crippen LogP contribution >= 0.6 is 0 Å². The minimum absolute atomic E-state index is 0.0898. The van der Waals surface area contributed by atoms with Crippen LogP contribution in [0.25, 0.3) is 10.9 Å². The second-order valence-electron chi connectivity index (χ2n) is 8.45. The number of hydrogen-bond donors (Lipinski definition) is 1. The Morgan fingerprint density at radius 3 is 2.40 bits per heavy atom. The van der Waals surface area contributed by atoms with Crippen LogP contribution < -0.4 is 5.32 Å². The molecule has 0 aliphatic carbocycles. The summed E-state index contributed by atoms with van der Waals surface area (Å²) in [5.41, 5.74) is 4.71. The number of amides is 1. The Hall–Kier alpha value is -2.63. The normalized spacial score (nSPS) is 18.2. The molecule has 0 radical (unpaired) electrons. The number of para-hydroxylation sites is 1. The molecule has 3 aromatic rings. The van der Waals surface area contributed by atoms with Gasteiger partial charge in [0.1, 0.15) is 0 Å². The molecule has 0 atom stereocenters. The zero-order valence-electron chi connectivity index (χ0n) is 17.5. The first-order chi connectivity index (χ1) is 14.8. The molecule has 0 saturated carbocycles. The third kappa shape index (κ3) is 3.87. The second kappa shape index (κ2) is 8.62. The average Bonchev–Trinajstić information content (AvgIpc) is 2.97. The lowest BCUT2D eigenvalue weighted by Gasteiger charge is -2.35. The average molecular weight is 403 g/mol. The van der Waals surface area contributed by atoms with Gasteiger partial charge in [-0.05, 0) is 24.5 Å². The van der Waals surface area contributed by atoms with Gasteiger partial charge in [0.05, 0.1) is 5.56 Å². The summed E-state index contributed by atoms with van der Waals surface area (Å²) in [6.45, 7) is 8.23. The fraction of sp³-hybridized carbons (Fsp3) is 0.400. The summed E-state index contributed by atoms with van der Waals surface area (Å²) in [5.74, 6) is 0.0898. The van der Waals surface area contributed by atoms with Crippen LogP contribution in [0.15, 0.2) is 54.6 Å². The zero-order chi connectivity index (χ0) is 20.3. The maximum atomic E-state index is 12.7. The van der Waals surface area contributed by atoms with E-state index < -0.39 is 0 Å².